The summed E-state index contributed by atoms with van der Waals surface area (Å²) in [5, 5.41) is 3.94. The molecule has 1 aliphatic heterocycles. The summed E-state index contributed by atoms with van der Waals surface area (Å²) in [6.45, 7) is 0. The monoisotopic (exact) mass is 412 g/mol. The highest BCUT2D eigenvalue weighted by molar-refractivity contribution is 5.90. The first-order chi connectivity index (χ1) is 14.4. The van der Waals surface area contributed by atoms with Crippen molar-refractivity contribution in [2.75, 3.05) is 0 Å². The molecule has 0 spiro atoms. The zero-order valence-corrected chi connectivity index (χ0v) is 15.4. The van der Waals surface area contributed by atoms with Crippen molar-refractivity contribution in [1.29, 1.82) is 0 Å². The lowest BCUT2D eigenvalue weighted by molar-refractivity contribution is -0.274. The molecule has 1 aliphatic rings. The van der Waals surface area contributed by atoms with Gasteiger partial charge in [-0.2, -0.15) is 5.10 Å². The second kappa shape index (κ2) is 7.90. The van der Waals surface area contributed by atoms with E-state index in [0.717, 1.165) is 11.1 Å². The molecule has 30 heavy (non-hydrogen) atoms. The minimum Gasteiger partial charge on any atom is -0.457 e. The lowest BCUT2D eigenvalue weighted by atomic mass is 9.87. The molecule has 5 nitrogen and oxygen atoms in total. The maximum Gasteiger partial charge on any atom is 0.573 e. The van der Waals surface area contributed by atoms with Crippen LogP contribution in [0.15, 0.2) is 77.9 Å². The Morgan fingerprint density at radius 3 is 2.07 bits per heavy atom. The number of benzene rings is 3. The predicted molar refractivity (Wildman–Crippen MR) is 104 cm³/mol. The summed E-state index contributed by atoms with van der Waals surface area (Å²) in [6, 6.07) is 19.7. The summed E-state index contributed by atoms with van der Waals surface area (Å²) in [5.41, 5.74) is 4.44. The topological polar surface area (TPSA) is 59.9 Å². The SMILES string of the molecule is O=C(NN=Cc1ccc(OC(F)(F)F)cc1)C1c2ccccc2Oc2ccccc21. The molecule has 0 fully saturated rings. The number of halogens is 3. The molecule has 152 valence electrons. The van der Waals surface area contributed by atoms with E-state index < -0.39 is 12.3 Å². The third-order valence-electron chi connectivity index (χ3n) is 4.44. The van der Waals surface area contributed by atoms with Crippen molar-refractivity contribution in [3.05, 3.63) is 89.5 Å². The Balaban J connectivity index is 1.50. The number of fused-ring (bicyclic) bond motifs is 2. The number of nitrogens with one attached hydrogen (secondary N) is 1. The number of nitrogens with zero attached hydrogens (tertiary/aromatic N) is 1. The average molecular weight is 412 g/mol. The molecule has 3 aromatic rings. The van der Waals surface area contributed by atoms with Crippen LogP contribution in [0.5, 0.6) is 17.2 Å². The van der Waals surface area contributed by atoms with Gasteiger partial charge in [-0.3, -0.25) is 4.79 Å². The van der Waals surface area contributed by atoms with Crippen LogP contribution in [0.2, 0.25) is 0 Å². The van der Waals surface area contributed by atoms with Crippen LogP contribution in [0, 0.1) is 0 Å². The highest BCUT2D eigenvalue weighted by atomic mass is 19.4. The molecule has 0 saturated carbocycles. The van der Waals surface area contributed by atoms with Crippen molar-refractivity contribution in [2.24, 2.45) is 5.10 Å². The van der Waals surface area contributed by atoms with Gasteiger partial charge < -0.3 is 9.47 Å². The molecule has 0 aromatic heterocycles. The van der Waals surface area contributed by atoms with Gasteiger partial charge in [0.15, 0.2) is 0 Å². The van der Waals surface area contributed by atoms with Crippen molar-refractivity contribution >= 4 is 12.1 Å². The first kappa shape index (κ1) is 19.5. The van der Waals surface area contributed by atoms with Crippen LogP contribution in [-0.2, 0) is 4.79 Å². The van der Waals surface area contributed by atoms with Crippen LogP contribution in [0.25, 0.3) is 0 Å². The molecule has 0 unspecified atom stereocenters. The molecule has 0 bridgehead atoms. The number of rotatable bonds is 4. The highest BCUT2D eigenvalue weighted by Gasteiger charge is 2.32. The van der Waals surface area contributed by atoms with Crippen molar-refractivity contribution < 1.29 is 27.4 Å². The Morgan fingerprint density at radius 1 is 0.933 bits per heavy atom. The van der Waals surface area contributed by atoms with E-state index in [1.165, 1.54) is 30.5 Å². The quantitative estimate of drug-likeness (QED) is 0.486. The van der Waals surface area contributed by atoms with Crippen LogP contribution >= 0.6 is 0 Å². The van der Waals surface area contributed by atoms with Crippen molar-refractivity contribution in [3.63, 3.8) is 0 Å². The minimum absolute atomic E-state index is 0.334. The smallest absolute Gasteiger partial charge is 0.457 e. The fraction of sp³-hybridized carbons (Fsp3) is 0.0909. The summed E-state index contributed by atoms with van der Waals surface area (Å²) < 4.78 is 46.3. The number of para-hydroxylation sites is 2. The van der Waals surface area contributed by atoms with Gasteiger partial charge in [-0.15, -0.1) is 13.2 Å². The second-order valence-corrected chi connectivity index (χ2v) is 6.46. The van der Waals surface area contributed by atoms with Crippen molar-refractivity contribution in [3.8, 4) is 17.2 Å². The molecule has 0 atom stereocenters. The Kier molecular flexibility index (Phi) is 5.14. The number of alkyl halides is 3. The maximum atomic E-state index is 12.9. The number of ether oxygens (including phenoxy) is 2. The van der Waals surface area contributed by atoms with Gasteiger partial charge in [0.1, 0.15) is 17.2 Å². The van der Waals surface area contributed by atoms with E-state index in [1.807, 2.05) is 36.4 Å². The lowest BCUT2D eigenvalue weighted by Crippen LogP contribution is -2.28. The highest BCUT2D eigenvalue weighted by Crippen LogP contribution is 2.43. The van der Waals surface area contributed by atoms with Gasteiger partial charge >= 0.3 is 6.36 Å². The molecule has 1 N–H and O–H groups in total. The number of hydrazone groups is 1. The minimum atomic E-state index is -4.75. The van der Waals surface area contributed by atoms with Gasteiger partial charge in [0.25, 0.3) is 5.91 Å². The zero-order chi connectivity index (χ0) is 21.1. The van der Waals surface area contributed by atoms with Gasteiger partial charge in [0, 0.05) is 11.1 Å². The lowest BCUT2D eigenvalue weighted by Gasteiger charge is -2.26. The van der Waals surface area contributed by atoms with Crippen LogP contribution < -0.4 is 14.9 Å². The molecule has 8 heteroatoms. The van der Waals surface area contributed by atoms with E-state index in [0.29, 0.717) is 17.1 Å². The van der Waals surface area contributed by atoms with Gasteiger partial charge in [-0.1, -0.05) is 36.4 Å². The molecule has 1 amide bonds. The third kappa shape index (κ3) is 4.27. The molecule has 0 saturated heterocycles. The van der Waals surface area contributed by atoms with Gasteiger partial charge in [0.05, 0.1) is 12.1 Å². The molecule has 3 aromatic carbocycles. The number of amides is 1. The van der Waals surface area contributed by atoms with Crippen molar-refractivity contribution in [1.82, 2.24) is 5.43 Å². The molecule has 1 heterocycles. The van der Waals surface area contributed by atoms with Crippen LogP contribution in [0.4, 0.5) is 13.2 Å². The Bertz CT molecular complexity index is 1050. The molecule has 4 rings (SSSR count). The van der Waals surface area contributed by atoms with Crippen LogP contribution in [0.1, 0.15) is 22.6 Å². The molecular weight excluding hydrogens is 397 g/mol. The zero-order valence-electron chi connectivity index (χ0n) is 15.4. The summed E-state index contributed by atoms with van der Waals surface area (Å²) in [6.07, 6.45) is -3.41. The number of hydrogen-bond acceptors (Lipinski definition) is 4. The average Bonchev–Trinajstić information content (AvgIpc) is 2.72. The van der Waals surface area contributed by atoms with Crippen LogP contribution in [0.3, 0.4) is 0 Å². The van der Waals surface area contributed by atoms with Gasteiger partial charge in [-0.25, -0.2) is 5.43 Å². The van der Waals surface area contributed by atoms with E-state index in [-0.39, 0.29) is 11.7 Å². The Hall–Kier alpha value is -3.81. The van der Waals surface area contributed by atoms with E-state index in [1.54, 1.807) is 12.1 Å². The molecule has 0 aliphatic carbocycles. The Morgan fingerprint density at radius 2 is 1.50 bits per heavy atom. The standard InChI is InChI=1S/C22H15F3N2O3/c23-22(24,25)30-15-11-9-14(10-12-15)13-26-27-21(28)20-16-5-1-3-7-18(16)29-19-8-4-2-6-17(19)20/h1-13,20H,(H,27,28). The van der Waals surface area contributed by atoms with Crippen molar-refractivity contribution in [2.45, 2.75) is 12.3 Å². The second-order valence-electron chi connectivity index (χ2n) is 6.46. The van der Waals surface area contributed by atoms with E-state index in [4.69, 9.17) is 4.74 Å². The third-order valence-corrected chi connectivity index (χ3v) is 4.44. The predicted octanol–water partition coefficient (Wildman–Crippen LogP) is 4.97. The van der Waals surface area contributed by atoms with Crippen LogP contribution in [-0.4, -0.2) is 18.5 Å². The summed E-state index contributed by atoms with van der Waals surface area (Å²) in [4.78, 5) is 12.9. The fourth-order valence-electron chi connectivity index (χ4n) is 3.18. The van der Waals surface area contributed by atoms with E-state index >= 15 is 0 Å². The number of carbonyl (C=O) groups is 1. The fourth-order valence-corrected chi connectivity index (χ4v) is 3.18. The first-order valence-electron chi connectivity index (χ1n) is 8.95. The maximum absolute atomic E-state index is 12.9. The van der Waals surface area contributed by atoms with Gasteiger partial charge in [0.2, 0.25) is 0 Å². The number of carbonyl (C=O) groups excluding carboxylic acids is 1. The largest absolute Gasteiger partial charge is 0.573 e. The number of hydrogen-bond donors (Lipinski definition) is 1. The first-order valence-corrected chi connectivity index (χ1v) is 8.95. The Labute approximate surface area is 169 Å². The summed E-state index contributed by atoms with van der Waals surface area (Å²) >= 11 is 0. The molecule has 0 radical (unpaired) electrons. The van der Waals surface area contributed by atoms with Gasteiger partial charge in [-0.05, 0) is 42.0 Å². The summed E-state index contributed by atoms with van der Waals surface area (Å²) in [5.74, 6) is -0.0994. The normalized spacial score (nSPS) is 13.3. The molecular formula is C22H15F3N2O3. The summed E-state index contributed by atoms with van der Waals surface area (Å²) in [7, 11) is 0. The van der Waals surface area contributed by atoms with E-state index in [2.05, 4.69) is 15.3 Å². The van der Waals surface area contributed by atoms with E-state index in [9.17, 15) is 18.0 Å².